The molecule has 0 aliphatic heterocycles. The number of benzene rings is 2. The Morgan fingerprint density at radius 2 is 1.93 bits per heavy atom. The first-order valence-corrected chi connectivity index (χ1v) is 9.27. The average Bonchev–Trinajstić information content (AvgIpc) is 3.21. The van der Waals surface area contributed by atoms with Crippen molar-refractivity contribution in [2.24, 2.45) is 0 Å². The van der Waals surface area contributed by atoms with Gasteiger partial charge in [-0.15, -0.1) is 0 Å². The number of amides is 1. The molecule has 6 nitrogen and oxygen atoms in total. The summed E-state index contributed by atoms with van der Waals surface area (Å²) in [7, 11) is 1.29. The van der Waals surface area contributed by atoms with Crippen LogP contribution in [0.3, 0.4) is 0 Å². The van der Waals surface area contributed by atoms with Crippen LogP contribution in [0.25, 0.3) is 17.4 Å². The van der Waals surface area contributed by atoms with Crippen LogP contribution in [0, 0.1) is 18.3 Å². The molecule has 0 radical (unpaired) electrons. The largest absolute Gasteiger partial charge is 0.465 e. The lowest BCUT2D eigenvalue weighted by molar-refractivity contribution is -0.112. The second-order valence-corrected chi connectivity index (χ2v) is 6.73. The zero-order valence-corrected chi connectivity index (χ0v) is 17.0. The van der Waals surface area contributed by atoms with Gasteiger partial charge in [0.25, 0.3) is 5.91 Å². The molecule has 3 rings (SSSR count). The summed E-state index contributed by atoms with van der Waals surface area (Å²) in [6.07, 6.45) is 1.34. The standard InChI is InChI=1S/C23H17ClN2O4/c1-14-5-3-4-6-20(14)26-22(27)16(13-25)11-17-8-10-21(30-17)18-12-15(23(28)29-2)7-9-19(18)24/h3-12H,1-2H3,(H,26,27)/b16-11-. The fraction of sp³-hybridized carbons (Fsp3) is 0.0870. The van der Waals surface area contributed by atoms with Gasteiger partial charge in [0.2, 0.25) is 0 Å². The summed E-state index contributed by atoms with van der Waals surface area (Å²) in [5.74, 6) is -0.371. The van der Waals surface area contributed by atoms with Gasteiger partial charge in [-0.25, -0.2) is 4.79 Å². The minimum absolute atomic E-state index is 0.117. The highest BCUT2D eigenvalue weighted by atomic mass is 35.5. The molecule has 3 aromatic rings. The van der Waals surface area contributed by atoms with Crippen LogP contribution < -0.4 is 5.32 Å². The van der Waals surface area contributed by atoms with Gasteiger partial charge in [-0.2, -0.15) is 5.26 Å². The molecule has 0 saturated heterocycles. The second kappa shape index (κ2) is 9.12. The van der Waals surface area contributed by atoms with E-state index in [-0.39, 0.29) is 5.57 Å². The molecule has 0 bridgehead atoms. The number of para-hydroxylation sites is 1. The van der Waals surface area contributed by atoms with Gasteiger partial charge >= 0.3 is 5.97 Å². The Bertz CT molecular complexity index is 1190. The number of nitrogens with zero attached hydrogens (tertiary/aromatic N) is 1. The van der Waals surface area contributed by atoms with E-state index >= 15 is 0 Å². The van der Waals surface area contributed by atoms with Gasteiger partial charge in [-0.1, -0.05) is 29.8 Å². The minimum atomic E-state index is -0.546. The number of carbonyl (C=O) groups excluding carboxylic acids is 2. The van der Waals surface area contributed by atoms with Crippen molar-refractivity contribution in [3.8, 4) is 17.4 Å². The van der Waals surface area contributed by atoms with Crippen molar-refractivity contribution in [2.45, 2.75) is 6.92 Å². The fourth-order valence-electron chi connectivity index (χ4n) is 2.73. The lowest BCUT2D eigenvalue weighted by Crippen LogP contribution is -2.14. The number of nitrogens with one attached hydrogen (secondary N) is 1. The van der Waals surface area contributed by atoms with Gasteiger partial charge < -0.3 is 14.5 Å². The van der Waals surface area contributed by atoms with E-state index in [9.17, 15) is 14.9 Å². The first kappa shape index (κ1) is 20.9. The smallest absolute Gasteiger partial charge is 0.337 e. The monoisotopic (exact) mass is 420 g/mol. The Labute approximate surface area is 178 Å². The number of methoxy groups -OCH3 is 1. The molecule has 1 heterocycles. The first-order valence-electron chi connectivity index (χ1n) is 8.89. The number of anilines is 1. The van der Waals surface area contributed by atoms with Crippen LogP contribution in [-0.2, 0) is 9.53 Å². The third-order valence-electron chi connectivity index (χ3n) is 4.32. The van der Waals surface area contributed by atoms with E-state index in [1.165, 1.54) is 13.2 Å². The molecule has 150 valence electrons. The van der Waals surface area contributed by atoms with Crippen LogP contribution in [0.15, 0.2) is 64.6 Å². The van der Waals surface area contributed by atoms with E-state index in [1.807, 2.05) is 25.1 Å². The molecule has 1 amide bonds. The third-order valence-corrected chi connectivity index (χ3v) is 4.65. The summed E-state index contributed by atoms with van der Waals surface area (Å²) in [5.41, 5.74) is 2.19. The van der Waals surface area contributed by atoms with E-state index in [0.717, 1.165) is 5.56 Å². The van der Waals surface area contributed by atoms with Crippen molar-refractivity contribution in [3.05, 3.63) is 82.1 Å². The van der Waals surface area contributed by atoms with Gasteiger partial charge in [-0.05, 0) is 48.9 Å². The molecule has 2 aromatic carbocycles. The van der Waals surface area contributed by atoms with Crippen molar-refractivity contribution in [3.63, 3.8) is 0 Å². The number of aryl methyl sites for hydroxylation is 1. The number of furan rings is 1. The molecule has 1 N–H and O–H groups in total. The number of rotatable bonds is 5. The van der Waals surface area contributed by atoms with Crippen molar-refractivity contribution in [2.75, 3.05) is 12.4 Å². The van der Waals surface area contributed by atoms with Crippen molar-refractivity contribution >= 4 is 35.2 Å². The number of hydrogen-bond acceptors (Lipinski definition) is 5. The van der Waals surface area contributed by atoms with Gasteiger partial charge in [0, 0.05) is 17.3 Å². The van der Waals surface area contributed by atoms with Gasteiger partial charge in [0.1, 0.15) is 23.2 Å². The Morgan fingerprint density at radius 3 is 2.63 bits per heavy atom. The van der Waals surface area contributed by atoms with Crippen molar-refractivity contribution < 1.29 is 18.7 Å². The van der Waals surface area contributed by atoms with Crippen LogP contribution >= 0.6 is 11.6 Å². The topological polar surface area (TPSA) is 92.3 Å². The third kappa shape index (κ3) is 4.59. The Kier molecular flexibility index (Phi) is 6.35. The normalized spacial score (nSPS) is 10.9. The van der Waals surface area contributed by atoms with Gasteiger partial charge in [-0.3, -0.25) is 4.79 Å². The van der Waals surface area contributed by atoms with Crippen LogP contribution in [0.5, 0.6) is 0 Å². The highest BCUT2D eigenvalue weighted by Crippen LogP contribution is 2.31. The van der Waals surface area contributed by atoms with Gasteiger partial charge in [0.15, 0.2) is 0 Å². The van der Waals surface area contributed by atoms with Crippen molar-refractivity contribution in [1.82, 2.24) is 0 Å². The lowest BCUT2D eigenvalue weighted by Gasteiger charge is -2.07. The first-order chi connectivity index (χ1) is 14.4. The van der Waals surface area contributed by atoms with Gasteiger partial charge in [0.05, 0.1) is 17.7 Å². The molecule has 0 aliphatic carbocycles. The van der Waals surface area contributed by atoms with E-state index in [4.69, 9.17) is 20.8 Å². The van der Waals surface area contributed by atoms with Crippen molar-refractivity contribution in [1.29, 1.82) is 5.26 Å². The van der Waals surface area contributed by atoms with Crippen LogP contribution in [0.2, 0.25) is 5.02 Å². The number of halogens is 1. The zero-order valence-electron chi connectivity index (χ0n) is 16.2. The second-order valence-electron chi connectivity index (χ2n) is 6.33. The summed E-state index contributed by atoms with van der Waals surface area (Å²) >= 11 is 6.23. The maximum Gasteiger partial charge on any atom is 0.337 e. The highest BCUT2D eigenvalue weighted by molar-refractivity contribution is 6.33. The van der Waals surface area contributed by atoms with Crippen LogP contribution in [0.4, 0.5) is 5.69 Å². The number of carbonyl (C=O) groups is 2. The Hall–Kier alpha value is -3.82. The van der Waals surface area contributed by atoms with E-state index < -0.39 is 11.9 Å². The number of ether oxygens (including phenoxy) is 1. The van der Waals surface area contributed by atoms with Crippen LogP contribution in [0.1, 0.15) is 21.7 Å². The van der Waals surface area contributed by atoms with E-state index in [0.29, 0.717) is 33.4 Å². The summed E-state index contributed by atoms with van der Waals surface area (Å²) < 4.78 is 10.5. The molecule has 30 heavy (non-hydrogen) atoms. The molecular weight excluding hydrogens is 404 g/mol. The van der Waals surface area contributed by atoms with Crippen LogP contribution in [-0.4, -0.2) is 19.0 Å². The summed E-state index contributed by atoms with van der Waals surface area (Å²) in [4.78, 5) is 24.2. The average molecular weight is 421 g/mol. The van der Waals surface area contributed by atoms with E-state index in [2.05, 4.69) is 5.32 Å². The van der Waals surface area contributed by atoms with E-state index in [1.54, 1.807) is 42.5 Å². The Morgan fingerprint density at radius 1 is 1.17 bits per heavy atom. The predicted molar refractivity (Wildman–Crippen MR) is 114 cm³/mol. The molecule has 7 heteroatoms. The maximum atomic E-state index is 12.5. The molecule has 0 aliphatic rings. The molecule has 0 spiro atoms. The lowest BCUT2D eigenvalue weighted by atomic mass is 10.1. The minimum Gasteiger partial charge on any atom is -0.465 e. The maximum absolute atomic E-state index is 12.5. The summed E-state index contributed by atoms with van der Waals surface area (Å²) in [6.45, 7) is 1.86. The molecule has 0 saturated carbocycles. The molecule has 1 aromatic heterocycles. The number of hydrogen-bond donors (Lipinski definition) is 1. The fourth-order valence-corrected chi connectivity index (χ4v) is 2.94. The zero-order chi connectivity index (χ0) is 21.7. The summed E-state index contributed by atoms with van der Waals surface area (Å²) in [6, 6.07) is 17.1. The highest BCUT2D eigenvalue weighted by Gasteiger charge is 2.15. The number of esters is 1. The Balaban J connectivity index is 1.87. The predicted octanol–water partition coefficient (Wildman–Crippen LogP) is 5.24. The molecule has 0 atom stereocenters. The quantitative estimate of drug-likeness (QED) is 0.346. The molecule has 0 fully saturated rings. The summed E-state index contributed by atoms with van der Waals surface area (Å²) in [5, 5.41) is 12.5. The SMILES string of the molecule is COC(=O)c1ccc(Cl)c(-c2ccc(/C=C(/C#N)C(=O)Nc3ccccc3C)o2)c1. The molecule has 0 unspecified atom stereocenters. The number of nitriles is 1. The molecular formula is C23H17ClN2O4.